The van der Waals surface area contributed by atoms with Gasteiger partial charge in [-0.1, -0.05) is 15.9 Å². The maximum Gasteiger partial charge on any atom is 0.337 e. The van der Waals surface area contributed by atoms with E-state index in [9.17, 15) is 9.90 Å². The van der Waals surface area contributed by atoms with Crippen molar-refractivity contribution >= 4 is 43.6 Å². The van der Waals surface area contributed by atoms with Gasteiger partial charge in [0.2, 0.25) is 0 Å². The standard InChI is InChI=1S/C14H9Br2N3O3/c15-5-1-6(12(20)8(16)2-5)10-7-3-17-19-13(7)18-9-4-22-14(21)11(9)10/h1-3,10,20H,4H2,(H2,17,18,19)/t10-/m0/s1. The molecule has 1 aromatic carbocycles. The first-order valence-electron chi connectivity index (χ1n) is 6.44. The van der Waals surface area contributed by atoms with Crippen LogP contribution in [0, 0.1) is 0 Å². The molecular weight excluding hydrogens is 418 g/mol. The van der Waals surface area contributed by atoms with E-state index in [1.807, 2.05) is 0 Å². The average Bonchev–Trinajstić information content (AvgIpc) is 3.08. The number of nitrogens with zero attached hydrogens (tertiary/aromatic N) is 1. The number of benzene rings is 1. The first-order valence-corrected chi connectivity index (χ1v) is 8.03. The molecule has 4 rings (SSSR count). The largest absolute Gasteiger partial charge is 0.506 e. The van der Waals surface area contributed by atoms with Gasteiger partial charge in [-0.2, -0.15) is 5.10 Å². The number of fused-ring (bicyclic) bond motifs is 1. The van der Waals surface area contributed by atoms with Crippen LogP contribution in [-0.2, 0) is 9.53 Å². The average molecular weight is 427 g/mol. The minimum absolute atomic E-state index is 0.0915. The van der Waals surface area contributed by atoms with Crippen molar-refractivity contribution in [2.45, 2.75) is 5.92 Å². The second-order valence-electron chi connectivity index (χ2n) is 5.05. The maximum absolute atomic E-state index is 12.1. The van der Waals surface area contributed by atoms with E-state index >= 15 is 0 Å². The Labute approximate surface area is 141 Å². The monoisotopic (exact) mass is 425 g/mol. The van der Waals surface area contributed by atoms with Crippen LogP contribution in [0.4, 0.5) is 5.82 Å². The molecule has 112 valence electrons. The molecule has 0 unspecified atom stereocenters. The summed E-state index contributed by atoms with van der Waals surface area (Å²) in [6, 6.07) is 3.54. The Balaban J connectivity index is 1.99. The number of aromatic hydroxyl groups is 1. The third-order valence-corrected chi connectivity index (χ3v) is 4.87. The number of H-pyrrole nitrogens is 1. The van der Waals surface area contributed by atoms with Crippen LogP contribution < -0.4 is 5.32 Å². The Morgan fingerprint density at radius 2 is 2.14 bits per heavy atom. The molecule has 0 radical (unpaired) electrons. The molecule has 0 saturated carbocycles. The molecule has 0 spiro atoms. The van der Waals surface area contributed by atoms with Gasteiger partial charge in [0, 0.05) is 15.6 Å². The summed E-state index contributed by atoms with van der Waals surface area (Å²) in [7, 11) is 0. The van der Waals surface area contributed by atoms with Crippen molar-refractivity contribution in [2.24, 2.45) is 0 Å². The molecule has 0 bridgehead atoms. The van der Waals surface area contributed by atoms with Crippen molar-refractivity contribution in [2.75, 3.05) is 11.9 Å². The van der Waals surface area contributed by atoms with Crippen LogP contribution in [-0.4, -0.2) is 27.9 Å². The van der Waals surface area contributed by atoms with Crippen LogP contribution in [0.3, 0.4) is 0 Å². The van der Waals surface area contributed by atoms with E-state index in [1.54, 1.807) is 18.3 Å². The number of carbonyl (C=O) groups excluding carboxylic acids is 1. The molecular formula is C14H9Br2N3O3. The molecule has 2 aliphatic heterocycles. The number of halogens is 2. The van der Waals surface area contributed by atoms with Gasteiger partial charge >= 0.3 is 5.97 Å². The molecule has 0 fully saturated rings. The summed E-state index contributed by atoms with van der Waals surface area (Å²) in [4.78, 5) is 12.1. The number of aromatic amines is 1. The minimum Gasteiger partial charge on any atom is -0.506 e. The van der Waals surface area contributed by atoms with Gasteiger partial charge in [0.25, 0.3) is 0 Å². The van der Waals surface area contributed by atoms with Crippen LogP contribution in [0.2, 0.25) is 0 Å². The van der Waals surface area contributed by atoms with Crippen molar-refractivity contribution in [3.8, 4) is 5.75 Å². The molecule has 0 saturated heterocycles. The molecule has 1 aromatic heterocycles. The summed E-state index contributed by atoms with van der Waals surface area (Å²) in [5.41, 5.74) is 2.60. The number of esters is 1. The number of hydrogen-bond donors (Lipinski definition) is 3. The Hall–Kier alpha value is -1.80. The van der Waals surface area contributed by atoms with Crippen LogP contribution in [0.15, 0.2) is 38.5 Å². The molecule has 6 nitrogen and oxygen atoms in total. The van der Waals surface area contributed by atoms with Gasteiger partial charge in [0.15, 0.2) is 0 Å². The molecule has 8 heteroatoms. The summed E-state index contributed by atoms with van der Waals surface area (Å²) in [5, 5.41) is 20.5. The zero-order chi connectivity index (χ0) is 15.4. The van der Waals surface area contributed by atoms with Gasteiger partial charge in [-0.05, 0) is 28.1 Å². The molecule has 2 aliphatic rings. The van der Waals surface area contributed by atoms with E-state index in [1.165, 1.54) is 0 Å². The Morgan fingerprint density at radius 3 is 2.95 bits per heavy atom. The van der Waals surface area contributed by atoms with Gasteiger partial charge < -0.3 is 15.2 Å². The van der Waals surface area contributed by atoms with E-state index in [4.69, 9.17) is 4.74 Å². The minimum atomic E-state index is -0.436. The van der Waals surface area contributed by atoms with Crippen LogP contribution in [0.1, 0.15) is 17.0 Å². The topological polar surface area (TPSA) is 87.2 Å². The number of rotatable bonds is 1. The fourth-order valence-corrected chi connectivity index (χ4v) is 4.12. The second kappa shape index (κ2) is 4.85. The Morgan fingerprint density at radius 1 is 1.32 bits per heavy atom. The van der Waals surface area contributed by atoms with Crippen LogP contribution in [0.25, 0.3) is 0 Å². The molecule has 0 amide bonds. The number of carbonyl (C=O) groups is 1. The van der Waals surface area contributed by atoms with E-state index in [-0.39, 0.29) is 18.3 Å². The molecule has 0 aliphatic carbocycles. The van der Waals surface area contributed by atoms with Crippen molar-refractivity contribution in [3.63, 3.8) is 0 Å². The van der Waals surface area contributed by atoms with Crippen molar-refractivity contribution in [1.82, 2.24) is 10.2 Å². The van der Waals surface area contributed by atoms with Gasteiger partial charge in [-0.25, -0.2) is 4.79 Å². The molecule has 3 N–H and O–H groups in total. The number of phenolic OH excluding ortho intramolecular Hbond substituents is 1. The molecule has 3 heterocycles. The van der Waals surface area contributed by atoms with Gasteiger partial charge in [0.05, 0.1) is 27.9 Å². The lowest BCUT2D eigenvalue weighted by Crippen LogP contribution is -2.19. The lowest BCUT2D eigenvalue weighted by atomic mass is 9.83. The normalized spacial score (nSPS) is 19.5. The second-order valence-corrected chi connectivity index (χ2v) is 6.82. The summed E-state index contributed by atoms with van der Waals surface area (Å²) >= 11 is 6.75. The number of ether oxygens (including phenoxy) is 1. The third-order valence-electron chi connectivity index (χ3n) is 3.81. The highest BCUT2D eigenvalue weighted by Crippen LogP contribution is 2.48. The number of phenols is 1. The summed E-state index contributed by atoms with van der Waals surface area (Å²) < 4.78 is 6.48. The van der Waals surface area contributed by atoms with Crippen molar-refractivity contribution in [1.29, 1.82) is 0 Å². The highest BCUT2D eigenvalue weighted by molar-refractivity contribution is 9.11. The fourth-order valence-electron chi connectivity index (χ4n) is 2.86. The smallest absolute Gasteiger partial charge is 0.337 e. The van der Waals surface area contributed by atoms with E-state index in [0.29, 0.717) is 27.1 Å². The number of anilines is 1. The zero-order valence-electron chi connectivity index (χ0n) is 11.0. The number of aromatic nitrogens is 2. The van der Waals surface area contributed by atoms with Crippen LogP contribution in [0.5, 0.6) is 5.75 Å². The van der Waals surface area contributed by atoms with E-state index in [2.05, 4.69) is 47.4 Å². The summed E-state index contributed by atoms with van der Waals surface area (Å²) in [6.07, 6.45) is 1.65. The molecule has 2 aromatic rings. The summed E-state index contributed by atoms with van der Waals surface area (Å²) in [6.45, 7) is 0.194. The van der Waals surface area contributed by atoms with Gasteiger partial charge in [-0.15, -0.1) is 0 Å². The van der Waals surface area contributed by atoms with Gasteiger partial charge in [0.1, 0.15) is 18.2 Å². The third kappa shape index (κ3) is 1.90. The van der Waals surface area contributed by atoms with Gasteiger partial charge in [-0.3, -0.25) is 5.10 Å². The van der Waals surface area contributed by atoms with Crippen molar-refractivity contribution < 1.29 is 14.6 Å². The highest BCUT2D eigenvalue weighted by Gasteiger charge is 2.40. The number of nitrogens with one attached hydrogen (secondary N) is 2. The Kier molecular flexibility index (Phi) is 3.05. The number of hydrogen-bond acceptors (Lipinski definition) is 5. The predicted molar refractivity (Wildman–Crippen MR) is 85.5 cm³/mol. The summed E-state index contributed by atoms with van der Waals surface area (Å²) in [5.74, 6) is -0.0185. The molecule has 1 atom stereocenters. The zero-order valence-corrected chi connectivity index (χ0v) is 14.2. The SMILES string of the molecule is O=C1OCC2=C1[C@@H](c1cc(Br)cc(Br)c1O)c1cn[nH]c1N2. The predicted octanol–water partition coefficient (Wildman–Crippen LogP) is 3.01. The van der Waals surface area contributed by atoms with E-state index < -0.39 is 5.92 Å². The van der Waals surface area contributed by atoms with Crippen molar-refractivity contribution in [3.05, 3.63) is 49.7 Å². The highest BCUT2D eigenvalue weighted by atomic mass is 79.9. The Bertz CT molecular complexity index is 844. The fraction of sp³-hybridized carbons (Fsp3) is 0.143. The first kappa shape index (κ1) is 13.8. The maximum atomic E-state index is 12.1. The van der Waals surface area contributed by atoms with Crippen LogP contribution >= 0.6 is 31.9 Å². The first-order chi connectivity index (χ1) is 10.6. The lowest BCUT2D eigenvalue weighted by Gasteiger charge is -2.24. The quantitative estimate of drug-likeness (QED) is 0.610. The number of cyclic esters (lactones) is 1. The van der Waals surface area contributed by atoms with E-state index in [0.717, 1.165) is 10.0 Å². The molecule has 22 heavy (non-hydrogen) atoms. The lowest BCUT2D eigenvalue weighted by molar-refractivity contribution is -0.136.